The fraction of sp³-hybridized carbons (Fsp3) is 0.444. The zero-order valence-corrected chi connectivity index (χ0v) is 12.8. The smallest absolute Gasteiger partial charge is 0.158 e. The lowest BCUT2D eigenvalue weighted by Crippen LogP contribution is -2.49. The third kappa shape index (κ3) is 1.70. The summed E-state index contributed by atoms with van der Waals surface area (Å²) in [5.41, 5.74) is 3.74. The molecule has 0 unspecified atom stereocenters. The van der Waals surface area contributed by atoms with Crippen LogP contribution in [0.5, 0.6) is 0 Å². The summed E-state index contributed by atoms with van der Waals surface area (Å²) in [7, 11) is 0. The standard InChI is InChI=1S/C18H20N4/c1-12-9-16-20-17(19-13-10-18(11-13)7-4-8-18)14-5-2-3-6-15(14)22(16)21-12/h2-3,5-6,9,13H,4,7-8,10-11H2,1H3,(H,19,20). The number of fused-ring (bicyclic) bond motifs is 3. The van der Waals surface area contributed by atoms with Crippen LogP contribution in [0.3, 0.4) is 0 Å². The molecular weight excluding hydrogens is 272 g/mol. The van der Waals surface area contributed by atoms with Crippen LogP contribution in [-0.2, 0) is 0 Å². The van der Waals surface area contributed by atoms with E-state index in [4.69, 9.17) is 4.98 Å². The van der Waals surface area contributed by atoms with Crippen molar-refractivity contribution in [3.05, 3.63) is 36.0 Å². The minimum absolute atomic E-state index is 0.586. The average molecular weight is 292 g/mol. The quantitative estimate of drug-likeness (QED) is 0.778. The van der Waals surface area contributed by atoms with E-state index < -0.39 is 0 Å². The van der Waals surface area contributed by atoms with Crippen LogP contribution in [0, 0.1) is 12.3 Å². The van der Waals surface area contributed by atoms with E-state index in [-0.39, 0.29) is 0 Å². The maximum absolute atomic E-state index is 4.83. The second-order valence-electron chi connectivity index (χ2n) is 7.14. The van der Waals surface area contributed by atoms with Crippen LogP contribution in [0.15, 0.2) is 30.3 Å². The first kappa shape index (κ1) is 12.4. The summed E-state index contributed by atoms with van der Waals surface area (Å²) in [5.74, 6) is 1.02. The molecule has 1 N–H and O–H groups in total. The third-order valence-corrected chi connectivity index (χ3v) is 5.54. The molecule has 1 aromatic carbocycles. The van der Waals surface area contributed by atoms with E-state index in [1.807, 2.05) is 17.5 Å². The summed E-state index contributed by atoms with van der Waals surface area (Å²) in [6.07, 6.45) is 6.91. The van der Waals surface area contributed by atoms with Gasteiger partial charge in [0.2, 0.25) is 0 Å². The van der Waals surface area contributed by atoms with Gasteiger partial charge in [-0.25, -0.2) is 9.50 Å². The number of aromatic nitrogens is 3. The van der Waals surface area contributed by atoms with Crippen LogP contribution in [-0.4, -0.2) is 20.6 Å². The van der Waals surface area contributed by atoms with Gasteiger partial charge in [-0.2, -0.15) is 5.10 Å². The zero-order valence-electron chi connectivity index (χ0n) is 12.8. The first-order valence-corrected chi connectivity index (χ1v) is 8.24. The molecule has 0 bridgehead atoms. The second kappa shape index (κ2) is 4.22. The van der Waals surface area contributed by atoms with Gasteiger partial charge in [-0.3, -0.25) is 0 Å². The number of anilines is 1. The topological polar surface area (TPSA) is 42.2 Å². The minimum atomic E-state index is 0.586. The Labute approximate surface area is 129 Å². The Hall–Kier alpha value is -2.10. The molecule has 2 fully saturated rings. The van der Waals surface area contributed by atoms with Crippen LogP contribution >= 0.6 is 0 Å². The zero-order chi connectivity index (χ0) is 14.7. The van der Waals surface area contributed by atoms with Gasteiger partial charge in [0.05, 0.1) is 11.2 Å². The molecule has 5 rings (SSSR count). The van der Waals surface area contributed by atoms with Gasteiger partial charge in [-0.05, 0) is 50.2 Å². The molecule has 0 saturated heterocycles. The van der Waals surface area contributed by atoms with Crippen LogP contribution in [0.25, 0.3) is 16.6 Å². The fourth-order valence-electron chi connectivity index (χ4n) is 4.25. The summed E-state index contributed by atoms with van der Waals surface area (Å²) in [5, 5.41) is 9.42. The largest absolute Gasteiger partial charge is 0.367 e. The van der Waals surface area contributed by atoms with E-state index in [1.165, 1.54) is 32.1 Å². The molecule has 2 aliphatic rings. The van der Waals surface area contributed by atoms with Gasteiger partial charge >= 0.3 is 0 Å². The van der Waals surface area contributed by atoms with Crippen molar-refractivity contribution in [1.82, 2.24) is 14.6 Å². The summed E-state index contributed by atoms with van der Waals surface area (Å²) < 4.78 is 1.95. The van der Waals surface area contributed by atoms with Crippen LogP contribution < -0.4 is 5.32 Å². The number of hydrogen-bond donors (Lipinski definition) is 1. The first-order chi connectivity index (χ1) is 10.7. The number of nitrogens with zero attached hydrogens (tertiary/aromatic N) is 3. The normalized spacial score (nSPS) is 20.2. The lowest BCUT2D eigenvalue weighted by Gasteiger charge is -2.54. The van der Waals surface area contributed by atoms with Crippen molar-refractivity contribution in [3.8, 4) is 0 Å². The van der Waals surface area contributed by atoms with Gasteiger partial charge in [0.1, 0.15) is 5.82 Å². The van der Waals surface area contributed by atoms with Crippen molar-refractivity contribution in [2.24, 2.45) is 5.41 Å². The molecule has 0 aliphatic heterocycles. The monoisotopic (exact) mass is 292 g/mol. The molecule has 112 valence electrons. The molecule has 0 amide bonds. The van der Waals surface area contributed by atoms with Crippen molar-refractivity contribution in [2.75, 3.05) is 5.32 Å². The molecule has 4 heteroatoms. The predicted molar refractivity (Wildman–Crippen MR) is 88.2 cm³/mol. The highest BCUT2D eigenvalue weighted by atomic mass is 15.3. The maximum atomic E-state index is 4.83. The molecule has 2 aliphatic carbocycles. The Kier molecular flexibility index (Phi) is 2.38. The van der Waals surface area contributed by atoms with E-state index in [2.05, 4.69) is 34.7 Å². The number of aryl methyl sites for hydroxylation is 1. The Bertz CT molecular complexity index is 867. The van der Waals surface area contributed by atoms with Crippen LogP contribution in [0.2, 0.25) is 0 Å². The number of hydrogen-bond acceptors (Lipinski definition) is 3. The molecule has 2 aromatic heterocycles. The molecule has 1 spiro atoms. The highest BCUT2D eigenvalue weighted by Gasteiger charge is 2.48. The lowest BCUT2D eigenvalue weighted by molar-refractivity contribution is 0.0191. The summed E-state index contributed by atoms with van der Waals surface area (Å²) in [6.45, 7) is 2.02. The molecular formula is C18H20N4. The Morgan fingerprint density at radius 3 is 2.82 bits per heavy atom. The van der Waals surface area contributed by atoms with Gasteiger partial charge in [0.25, 0.3) is 0 Å². The number of para-hydroxylation sites is 1. The van der Waals surface area contributed by atoms with Gasteiger partial charge in [-0.1, -0.05) is 18.6 Å². The second-order valence-corrected chi connectivity index (χ2v) is 7.14. The molecule has 2 heterocycles. The van der Waals surface area contributed by atoms with Crippen LogP contribution in [0.1, 0.15) is 37.8 Å². The minimum Gasteiger partial charge on any atom is -0.367 e. The Morgan fingerprint density at radius 1 is 1.23 bits per heavy atom. The molecule has 22 heavy (non-hydrogen) atoms. The van der Waals surface area contributed by atoms with E-state index in [1.54, 1.807) is 0 Å². The molecule has 2 saturated carbocycles. The van der Waals surface area contributed by atoms with Gasteiger partial charge < -0.3 is 5.32 Å². The van der Waals surface area contributed by atoms with Crippen molar-refractivity contribution in [2.45, 2.75) is 45.1 Å². The van der Waals surface area contributed by atoms with Gasteiger partial charge in [0, 0.05) is 17.5 Å². The fourth-order valence-corrected chi connectivity index (χ4v) is 4.25. The highest BCUT2D eigenvalue weighted by molar-refractivity contribution is 5.91. The third-order valence-electron chi connectivity index (χ3n) is 5.54. The summed E-state index contributed by atoms with van der Waals surface area (Å²) in [4.78, 5) is 4.83. The molecule has 0 radical (unpaired) electrons. The Balaban J connectivity index is 1.56. The number of benzene rings is 1. The van der Waals surface area contributed by atoms with Gasteiger partial charge in [0.15, 0.2) is 5.65 Å². The van der Waals surface area contributed by atoms with Crippen molar-refractivity contribution < 1.29 is 0 Å². The number of rotatable bonds is 2. The van der Waals surface area contributed by atoms with Crippen LogP contribution in [0.4, 0.5) is 5.82 Å². The predicted octanol–water partition coefficient (Wildman–Crippen LogP) is 3.94. The van der Waals surface area contributed by atoms with E-state index in [0.717, 1.165) is 28.1 Å². The molecule has 0 atom stereocenters. The van der Waals surface area contributed by atoms with Gasteiger partial charge in [-0.15, -0.1) is 0 Å². The lowest BCUT2D eigenvalue weighted by atomic mass is 9.54. The molecule has 4 nitrogen and oxygen atoms in total. The Morgan fingerprint density at radius 2 is 2.05 bits per heavy atom. The van der Waals surface area contributed by atoms with Crippen molar-refractivity contribution in [3.63, 3.8) is 0 Å². The van der Waals surface area contributed by atoms with Crippen molar-refractivity contribution >= 4 is 22.4 Å². The first-order valence-electron chi connectivity index (χ1n) is 8.24. The number of nitrogens with one attached hydrogen (secondary N) is 1. The van der Waals surface area contributed by atoms with E-state index in [0.29, 0.717) is 11.5 Å². The highest BCUT2D eigenvalue weighted by Crippen LogP contribution is 2.56. The average Bonchev–Trinajstić information content (AvgIpc) is 2.80. The summed E-state index contributed by atoms with van der Waals surface area (Å²) in [6, 6.07) is 11.0. The van der Waals surface area contributed by atoms with E-state index >= 15 is 0 Å². The molecule has 3 aromatic rings. The maximum Gasteiger partial charge on any atom is 0.158 e. The van der Waals surface area contributed by atoms with E-state index in [9.17, 15) is 0 Å². The summed E-state index contributed by atoms with van der Waals surface area (Å²) >= 11 is 0. The van der Waals surface area contributed by atoms with Crippen molar-refractivity contribution in [1.29, 1.82) is 0 Å². The SMILES string of the molecule is Cc1cc2nc(NC3CC4(CCC4)C3)c3ccccc3n2n1.